The molecule has 1 aliphatic rings. The molecule has 9 nitrogen and oxygen atoms in total. The van der Waals surface area contributed by atoms with E-state index < -0.39 is 179 Å². The van der Waals surface area contributed by atoms with Crippen molar-refractivity contribution < 1.29 is 105 Å². The number of carbonyl (C=O) groups is 1. The molecule has 0 radical (unpaired) electrons. The fourth-order valence-electron chi connectivity index (χ4n) is 7.09. The van der Waals surface area contributed by atoms with E-state index in [1.54, 1.807) is 6.07 Å². The SMILES string of the molecule is F.[C-]#[N+]/C(C#N)=C1\C=CC(=O)C(c2ccc(C(F)(F)F)cc2C(F)(F)F)=C1.[C-]#[N+]/C(C#N)=c1\cc/c(=C(/C#N)c2c(F)c(F)c([N+]#[C-])c(F)c2F)c(-c2ccc(C(F)(F)F)cc2C(F)(F)F)c1.[C-]#[N+]c1c(F)c(C)c(CC#N)c(F)c1F.[Cl][Ti]([Cl])([Cl])[Cl]. The summed E-state index contributed by atoms with van der Waals surface area (Å²) >= 11 is -3.11. The molecule has 0 amide bonds. The monoisotopic (exact) mass is 1350 g/mol. The van der Waals surface area contributed by atoms with Crippen molar-refractivity contribution in [3.8, 4) is 35.4 Å². The van der Waals surface area contributed by atoms with Gasteiger partial charge in [-0.15, -0.1) is 0 Å². The van der Waals surface area contributed by atoms with Gasteiger partial charge in [-0.05, 0) is 70.3 Å². The van der Waals surface area contributed by atoms with E-state index in [9.17, 15) is 93.5 Å². The third kappa shape index (κ3) is 17.9. The van der Waals surface area contributed by atoms with Crippen LogP contribution >= 0.6 is 37.2 Å². The summed E-state index contributed by atoms with van der Waals surface area (Å²) in [6.07, 6.45) is -18.5. The molecule has 0 unspecified atom stereocenters. The van der Waals surface area contributed by atoms with Crippen LogP contribution in [-0.2, 0) is 48.3 Å². The molecule has 0 aliphatic heterocycles. The fourth-order valence-corrected chi connectivity index (χ4v) is 7.09. The van der Waals surface area contributed by atoms with Crippen molar-refractivity contribution in [2.75, 3.05) is 0 Å². The molecular formula is C53H18Cl4F20N8OTi. The third-order valence-corrected chi connectivity index (χ3v) is 10.9. The summed E-state index contributed by atoms with van der Waals surface area (Å²) in [6.45, 7) is 28.3. The molecule has 0 saturated carbocycles. The quantitative estimate of drug-likeness (QED) is 0.0582. The standard InChI is InChI=1S/C26H6F10N4.C17H6F6N2O.C10H5F3N2.4ClH.FH.Ti/c1-39-18(10-38)11-3-5-13(16(9-37)19-20(27)22(29)24(40-2)23(30)21(19)28)15(7-11)14-6-4-12(25(31,32)33)8-17(14)26(34,35)36;1-25-14(8-24)9-2-5-15(26)12(6-9)11-4-3-10(16(18,19)20)7-13(11)17(21,22)23;1-5-6(3-4-14)8(12)9(13)10(15-2)7(5)11;;;;;;/h3-8H;2-7H;3H2,1H3;5*1H;/q;;;;;;;;+4/p-4/b16-13+,18-11+;14-9+;;;;;;;. The van der Waals surface area contributed by atoms with Crippen molar-refractivity contribution in [3.05, 3.63) is 225 Å². The summed E-state index contributed by atoms with van der Waals surface area (Å²) < 4.78 is 257. The van der Waals surface area contributed by atoms with Crippen molar-refractivity contribution in [1.29, 1.82) is 21.0 Å². The second-order valence-electron chi connectivity index (χ2n) is 16.0. The molecular weight excluding hydrogens is 1330 g/mol. The molecule has 0 fully saturated rings. The van der Waals surface area contributed by atoms with Crippen LogP contribution in [0.2, 0.25) is 0 Å². The molecule has 0 atom stereocenters. The van der Waals surface area contributed by atoms with E-state index in [1.165, 1.54) is 25.1 Å². The zero-order valence-corrected chi connectivity index (χ0v) is 46.3. The number of hydrogen-bond acceptors (Lipinski definition) is 5. The van der Waals surface area contributed by atoms with Gasteiger partial charge in [0, 0.05) is 16.4 Å². The van der Waals surface area contributed by atoms with Crippen LogP contribution in [0.5, 0.6) is 0 Å². The zero-order chi connectivity index (χ0) is 65.9. The first-order chi connectivity index (χ1) is 39.6. The van der Waals surface area contributed by atoms with Gasteiger partial charge in [-0.25, -0.2) is 60.6 Å². The van der Waals surface area contributed by atoms with Crippen molar-refractivity contribution in [1.82, 2.24) is 0 Å². The normalized spacial score (nSPS) is 13.2. The molecule has 0 saturated heterocycles. The van der Waals surface area contributed by atoms with Crippen LogP contribution in [0.1, 0.15) is 44.5 Å². The number of halogens is 24. The Morgan fingerprint density at radius 1 is 0.552 bits per heavy atom. The number of carbonyl (C=O) groups excluding carboxylic acids is 1. The summed E-state index contributed by atoms with van der Waals surface area (Å²) in [5.74, 6) is -13.8. The van der Waals surface area contributed by atoms with Crippen LogP contribution in [0.25, 0.3) is 47.4 Å². The van der Waals surface area contributed by atoms with Gasteiger partial charge in [-0.2, -0.15) is 63.2 Å². The Balaban J connectivity index is 0.000000467. The van der Waals surface area contributed by atoms with E-state index in [2.05, 4.69) is 19.4 Å². The van der Waals surface area contributed by atoms with Crippen molar-refractivity contribution in [2.24, 2.45) is 0 Å². The van der Waals surface area contributed by atoms with Gasteiger partial charge < -0.3 is 0 Å². The average molecular weight is 1350 g/mol. The number of nitrogens with zero attached hydrogens (tertiary/aromatic N) is 8. The van der Waals surface area contributed by atoms with Crippen molar-refractivity contribution >= 4 is 71.2 Å². The molecule has 5 aromatic carbocycles. The zero-order valence-electron chi connectivity index (χ0n) is 41.7. The second kappa shape index (κ2) is 29.5. The minimum absolute atomic E-state index is 0. The molecule has 0 aromatic heterocycles. The molecule has 87 heavy (non-hydrogen) atoms. The molecule has 1 aliphatic carbocycles. The summed E-state index contributed by atoms with van der Waals surface area (Å²) in [5, 5.41) is 34.8. The number of nitriles is 4. The summed E-state index contributed by atoms with van der Waals surface area (Å²) in [4.78, 5) is 22.6. The predicted molar refractivity (Wildman–Crippen MR) is 268 cm³/mol. The van der Waals surface area contributed by atoms with E-state index in [0.717, 1.165) is 24.3 Å². The topological polar surface area (TPSA) is 130 Å². The third-order valence-electron chi connectivity index (χ3n) is 10.9. The Hall–Kier alpha value is -8.88. The maximum atomic E-state index is 14.8. The van der Waals surface area contributed by atoms with Gasteiger partial charge in [-0.3, -0.25) is 9.50 Å². The van der Waals surface area contributed by atoms with Crippen LogP contribution in [0.4, 0.5) is 99.5 Å². The van der Waals surface area contributed by atoms with Crippen LogP contribution in [0.3, 0.4) is 0 Å². The first kappa shape index (κ1) is 74.2. The van der Waals surface area contributed by atoms with Gasteiger partial charge in [0.1, 0.15) is 11.9 Å². The van der Waals surface area contributed by atoms with Gasteiger partial charge >= 0.3 is 74.3 Å². The second-order valence-corrected chi connectivity index (χ2v) is 31.4. The van der Waals surface area contributed by atoms with E-state index in [4.69, 9.17) is 79.3 Å². The average Bonchev–Trinajstić information content (AvgIpc) is 0.831. The van der Waals surface area contributed by atoms with Gasteiger partial charge in [0.2, 0.25) is 0 Å². The first-order valence-electron chi connectivity index (χ1n) is 21.6. The van der Waals surface area contributed by atoms with E-state index in [-0.39, 0.29) is 39.6 Å². The molecule has 0 heterocycles. The van der Waals surface area contributed by atoms with Crippen LogP contribution in [0, 0.1) is 119 Å². The Morgan fingerprint density at radius 3 is 1.39 bits per heavy atom. The number of hydrogen-bond donors (Lipinski definition) is 0. The Morgan fingerprint density at radius 2 is 0.989 bits per heavy atom. The summed E-state index contributed by atoms with van der Waals surface area (Å²) in [7, 11) is 20.1. The van der Waals surface area contributed by atoms with Gasteiger partial charge in [0.25, 0.3) is 22.8 Å². The maximum absolute atomic E-state index is 14.8. The molecule has 0 N–H and O–H groups in total. The Bertz CT molecular complexity index is 4110. The van der Waals surface area contributed by atoms with Crippen LogP contribution < -0.4 is 10.4 Å². The van der Waals surface area contributed by atoms with Crippen molar-refractivity contribution in [3.63, 3.8) is 0 Å². The van der Waals surface area contributed by atoms with Crippen LogP contribution in [-0.4, -0.2) is 5.78 Å². The van der Waals surface area contributed by atoms with Gasteiger partial charge in [-0.1, -0.05) is 42.5 Å². The number of allylic oxidation sites excluding steroid dienone is 6. The van der Waals surface area contributed by atoms with E-state index in [0.29, 0.717) is 30.3 Å². The first-order valence-corrected chi connectivity index (χ1v) is 30.2. The number of rotatable bonds is 4. The minimum atomic E-state index is -5.48. The fraction of sp³-hybridized carbons (Fsp3) is 0.113. The molecule has 0 spiro atoms. The Kier molecular flexibility index (Phi) is 25.2. The molecule has 6 rings (SSSR count). The number of benzene rings is 5. The molecule has 448 valence electrons. The number of alkyl halides is 12. The molecule has 34 heteroatoms. The molecule has 0 bridgehead atoms. The summed E-state index contributed by atoms with van der Waals surface area (Å²) in [5.41, 5.74) is -17.6. The van der Waals surface area contributed by atoms with Gasteiger partial charge in [0.15, 0.2) is 40.7 Å². The number of ketones is 1. The van der Waals surface area contributed by atoms with Crippen LogP contribution in [0.15, 0.2) is 84.1 Å². The van der Waals surface area contributed by atoms with Crippen molar-refractivity contribution in [2.45, 2.75) is 38.0 Å². The summed E-state index contributed by atoms with van der Waals surface area (Å²) in [6, 6.07) is 9.22. The van der Waals surface area contributed by atoms with E-state index in [1.807, 2.05) is 0 Å². The van der Waals surface area contributed by atoms with Gasteiger partial charge in [0.05, 0.1) is 84.3 Å². The predicted octanol–water partition coefficient (Wildman–Crippen LogP) is 17.7. The Labute approximate surface area is 493 Å². The molecule has 5 aromatic rings. The van der Waals surface area contributed by atoms with E-state index >= 15 is 0 Å².